The Labute approximate surface area is 89.3 Å². The molecule has 1 rings (SSSR count). The van der Waals surface area contributed by atoms with Gasteiger partial charge >= 0.3 is 7.82 Å². The van der Waals surface area contributed by atoms with Crippen LogP contribution in [-0.2, 0) is 13.6 Å². The molecule has 0 aliphatic carbocycles. The van der Waals surface area contributed by atoms with Gasteiger partial charge in [0.15, 0.2) is 0 Å². The smallest absolute Gasteiger partial charge is 0.349 e. The summed E-state index contributed by atoms with van der Waals surface area (Å²) in [6, 6.07) is 0. The molecular weight excluding hydrogens is 219 g/mol. The van der Waals surface area contributed by atoms with Gasteiger partial charge < -0.3 is 9.88 Å². The summed E-state index contributed by atoms with van der Waals surface area (Å²) in [6.45, 7) is 5.55. The number of H-pyrrole nitrogens is 1. The zero-order chi connectivity index (χ0) is 11.7. The molecule has 0 spiro atoms. The Bertz CT molecular complexity index is 279. The Hall–Kier alpha value is -0.680. The molecule has 0 aliphatic heterocycles. The van der Waals surface area contributed by atoms with Crippen molar-refractivity contribution in [3.8, 4) is 0 Å². The summed E-state index contributed by atoms with van der Waals surface area (Å²) >= 11 is 0. The van der Waals surface area contributed by atoms with Crippen molar-refractivity contribution < 1.29 is 18.5 Å². The highest BCUT2D eigenvalue weighted by Crippen LogP contribution is 2.42. The van der Waals surface area contributed by atoms with E-state index in [1.165, 1.54) is 0 Å². The second kappa shape index (κ2) is 7.59. The van der Waals surface area contributed by atoms with E-state index in [4.69, 9.17) is 4.89 Å². The molecule has 7 heteroatoms. The van der Waals surface area contributed by atoms with E-state index in [2.05, 4.69) is 19.0 Å². The number of nitrogens with zero attached hydrogens (tertiary/aromatic N) is 1. The van der Waals surface area contributed by atoms with Gasteiger partial charge in [0.25, 0.3) is 0 Å². The molecule has 88 valence electrons. The molecular formula is C8H17N2O4P. The topological polar surface area (TPSA) is 84.4 Å². The molecule has 1 heterocycles. The van der Waals surface area contributed by atoms with Crippen LogP contribution in [-0.4, -0.2) is 28.1 Å². The Morgan fingerprint density at radius 2 is 2.00 bits per heavy atom. The van der Waals surface area contributed by atoms with Crippen LogP contribution in [0.3, 0.4) is 0 Å². The Kier molecular flexibility index (Phi) is 7.25. The zero-order valence-corrected chi connectivity index (χ0v) is 10.0. The van der Waals surface area contributed by atoms with Crippen LogP contribution >= 0.6 is 7.82 Å². The number of aryl methyl sites for hydroxylation is 1. The molecule has 0 amide bonds. The van der Waals surface area contributed by atoms with Gasteiger partial charge in [-0.3, -0.25) is 9.05 Å². The summed E-state index contributed by atoms with van der Waals surface area (Å²) in [4.78, 5) is 15.4. The molecule has 0 saturated carbocycles. The highest BCUT2D eigenvalue weighted by molar-refractivity contribution is 7.47. The number of hydrogen-bond donors (Lipinski definition) is 2. The zero-order valence-electron chi connectivity index (χ0n) is 9.14. The van der Waals surface area contributed by atoms with Crippen LogP contribution in [0.5, 0.6) is 0 Å². The molecule has 0 unspecified atom stereocenters. The van der Waals surface area contributed by atoms with Crippen molar-refractivity contribution in [1.29, 1.82) is 0 Å². The minimum absolute atomic E-state index is 0.188. The molecule has 1 aromatic rings. The Morgan fingerprint density at radius 1 is 1.47 bits per heavy atom. The Morgan fingerprint density at radius 3 is 2.20 bits per heavy atom. The molecule has 0 bridgehead atoms. The first-order valence-corrected chi connectivity index (χ1v) is 6.09. The van der Waals surface area contributed by atoms with Crippen LogP contribution in [0.2, 0.25) is 0 Å². The van der Waals surface area contributed by atoms with E-state index in [9.17, 15) is 4.57 Å². The third kappa shape index (κ3) is 8.32. The summed E-state index contributed by atoms with van der Waals surface area (Å²) in [5, 5.41) is 0. The molecule has 6 nitrogen and oxygen atoms in total. The average Bonchev–Trinajstić information content (AvgIpc) is 2.56. The van der Waals surface area contributed by atoms with Crippen LogP contribution in [0.15, 0.2) is 12.4 Å². The predicted molar refractivity (Wildman–Crippen MR) is 56.4 cm³/mol. The first kappa shape index (κ1) is 14.3. The van der Waals surface area contributed by atoms with Gasteiger partial charge in [-0.1, -0.05) is 0 Å². The van der Waals surface area contributed by atoms with E-state index in [1.807, 2.05) is 6.92 Å². The molecule has 0 radical (unpaired) electrons. The minimum atomic E-state index is -3.69. The van der Waals surface area contributed by atoms with Crippen LogP contribution in [0.25, 0.3) is 0 Å². The first-order chi connectivity index (χ1) is 7.02. The number of nitrogens with one attached hydrogen (secondary N) is 1. The molecule has 15 heavy (non-hydrogen) atoms. The maximum Gasteiger partial charge on any atom is 0.472 e. The number of phosphoric acid groups is 1. The van der Waals surface area contributed by atoms with Gasteiger partial charge in [0, 0.05) is 12.4 Å². The molecule has 2 N–H and O–H groups in total. The molecule has 1 aromatic heterocycles. The van der Waals surface area contributed by atoms with Crippen molar-refractivity contribution in [2.24, 2.45) is 0 Å². The third-order valence-electron chi connectivity index (χ3n) is 1.22. The lowest BCUT2D eigenvalue weighted by atomic mass is 10.8. The van der Waals surface area contributed by atoms with E-state index in [1.54, 1.807) is 26.2 Å². The van der Waals surface area contributed by atoms with Crippen molar-refractivity contribution >= 4 is 7.82 Å². The van der Waals surface area contributed by atoms with Gasteiger partial charge in [-0.25, -0.2) is 9.55 Å². The van der Waals surface area contributed by atoms with Crippen LogP contribution < -0.4 is 0 Å². The minimum Gasteiger partial charge on any atom is -0.349 e. The normalized spacial score (nSPS) is 10.7. The fourth-order valence-corrected chi connectivity index (χ4v) is 1.43. The third-order valence-corrected chi connectivity index (χ3v) is 2.39. The number of hydrogen-bond acceptors (Lipinski definition) is 4. The molecule has 0 aromatic carbocycles. The van der Waals surface area contributed by atoms with Crippen molar-refractivity contribution in [2.45, 2.75) is 20.8 Å². The molecule has 0 atom stereocenters. The van der Waals surface area contributed by atoms with Gasteiger partial charge in [0.05, 0.1) is 13.2 Å². The van der Waals surface area contributed by atoms with Crippen LogP contribution in [0, 0.1) is 6.92 Å². The second-order valence-electron chi connectivity index (χ2n) is 2.48. The fraction of sp³-hybridized carbons (Fsp3) is 0.625. The number of rotatable bonds is 4. The van der Waals surface area contributed by atoms with Gasteiger partial charge in [-0.15, -0.1) is 0 Å². The number of aromatic nitrogens is 2. The monoisotopic (exact) mass is 236 g/mol. The van der Waals surface area contributed by atoms with Gasteiger partial charge in [0.1, 0.15) is 5.82 Å². The maximum absolute atomic E-state index is 10.5. The van der Waals surface area contributed by atoms with Crippen LogP contribution in [0.4, 0.5) is 0 Å². The lowest BCUT2D eigenvalue weighted by molar-refractivity contribution is 0.161. The average molecular weight is 236 g/mol. The number of aromatic amines is 1. The van der Waals surface area contributed by atoms with E-state index in [-0.39, 0.29) is 13.2 Å². The summed E-state index contributed by atoms with van der Waals surface area (Å²) in [5.74, 6) is 0.968. The van der Waals surface area contributed by atoms with E-state index >= 15 is 0 Å². The summed E-state index contributed by atoms with van der Waals surface area (Å²) in [6.07, 6.45) is 3.53. The maximum atomic E-state index is 10.5. The highest BCUT2D eigenvalue weighted by Gasteiger charge is 2.17. The van der Waals surface area contributed by atoms with Gasteiger partial charge in [-0.05, 0) is 20.8 Å². The Balaban J connectivity index is 0.000000280. The summed E-state index contributed by atoms with van der Waals surface area (Å²) in [5.41, 5.74) is 0. The lowest BCUT2D eigenvalue weighted by Crippen LogP contribution is -1.93. The summed E-state index contributed by atoms with van der Waals surface area (Å²) in [7, 11) is -3.69. The molecule has 0 fully saturated rings. The predicted octanol–water partition coefficient (Wildman–Crippen LogP) is 1.88. The largest absolute Gasteiger partial charge is 0.472 e. The van der Waals surface area contributed by atoms with Crippen molar-refractivity contribution in [3.63, 3.8) is 0 Å². The second-order valence-corrected chi connectivity index (χ2v) is 3.93. The van der Waals surface area contributed by atoms with E-state index in [0.29, 0.717) is 0 Å². The molecule has 0 saturated heterocycles. The van der Waals surface area contributed by atoms with Crippen molar-refractivity contribution in [3.05, 3.63) is 18.2 Å². The van der Waals surface area contributed by atoms with Crippen molar-refractivity contribution in [1.82, 2.24) is 9.97 Å². The SMILES string of the molecule is CCOP(=O)(O)OCC.Cc1ncc[nH]1. The van der Waals surface area contributed by atoms with E-state index in [0.717, 1.165) is 5.82 Å². The molecule has 0 aliphatic rings. The fourth-order valence-electron chi connectivity index (χ4n) is 0.708. The highest BCUT2D eigenvalue weighted by atomic mass is 31.2. The number of imidazole rings is 1. The van der Waals surface area contributed by atoms with Gasteiger partial charge in [-0.2, -0.15) is 0 Å². The quantitative estimate of drug-likeness (QED) is 0.779. The first-order valence-electron chi connectivity index (χ1n) is 4.59. The standard InChI is InChI=1S/C4H6N2.C4H11O4P/c1-4-5-2-3-6-4;1-3-7-9(5,6)8-4-2/h2-3H,1H3,(H,5,6);3-4H2,1-2H3,(H,5,6). The summed E-state index contributed by atoms with van der Waals surface area (Å²) < 4.78 is 19.2. The van der Waals surface area contributed by atoms with E-state index < -0.39 is 7.82 Å². The van der Waals surface area contributed by atoms with Crippen molar-refractivity contribution in [2.75, 3.05) is 13.2 Å². The van der Waals surface area contributed by atoms with Gasteiger partial charge in [0.2, 0.25) is 0 Å². The van der Waals surface area contributed by atoms with Crippen LogP contribution in [0.1, 0.15) is 19.7 Å². The lowest BCUT2D eigenvalue weighted by Gasteiger charge is -2.07. The number of phosphoric ester groups is 1.